The van der Waals surface area contributed by atoms with E-state index in [0.29, 0.717) is 11.3 Å². The van der Waals surface area contributed by atoms with Crippen molar-refractivity contribution in [2.24, 2.45) is 0 Å². The second-order valence-corrected chi connectivity index (χ2v) is 6.38. The zero-order valence-electron chi connectivity index (χ0n) is 16.0. The van der Waals surface area contributed by atoms with Crippen LogP contribution in [0.15, 0.2) is 48.7 Å². The molecule has 3 N–H and O–H groups in total. The molecular formula is C21H22N4O3. The fraction of sp³-hybridized carbons (Fsp3) is 0.190. The number of nitrogens with one attached hydrogen (secondary N) is 3. The zero-order valence-corrected chi connectivity index (χ0v) is 16.0. The molecule has 0 bridgehead atoms. The van der Waals surface area contributed by atoms with Crippen molar-refractivity contribution in [3.63, 3.8) is 0 Å². The number of aryl methyl sites for hydroxylation is 2. The molecule has 3 rings (SSSR count). The van der Waals surface area contributed by atoms with E-state index in [1.807, 2.05) is 44.2 Å². The van der Waals surface area contributed by atoms with E-state index in [1.165, 1.54) is 6.20 Å². The Labute approximate surface area is 163 Å². The van der Waals surface area contributed by atoms with Gasteiger partial charge in [-0.1, -0.05) is 18.2 Å². The van der Waals surface area contributed by atoms with Gasteiger partial charge in [-0.25, -0.2) is 0 Å². The Hall–Kier alpha value is -3.61. The van der Waals surface area contributed by atoms with Gasteiger partial charge in [-0.2, -0.15) is 5.10 Å². The third kappa shape index (κ3) is 4.20. The SMILES string of the molecule is COc1ccc(-c2[nH]ncc2C(=O)NCC(=O)Nc2c(C)cccc2C)cc1. The minimum Gasteiger partial charge on any atom is -0.497 e. The Bertz CT molecular complexity index is 973. The lowest BCUT2D eigenvalue weighted by Gasteiger charge is -2.12. The molecule has 0 radical (unpaired) electrons. The highest BCUT2D eigenvalue weighted by atomic mass is 16.5. The first-order valence-corrected chi connectivity index (χ1v) is 8.81. The van der Waals surface area contributed by atoms with E-state index in [2.05, 4.69) is 20.8 Å². The molecule has 0 saturated heterocycles. The van der Waals surface area contributed by atoms with Crippen molar-refractivity contribution >= 4 is 17.5 Å². The maximum absolute atomic E-state index is 12.5. The highest BCUT2D eigenvalue weighted by molar-refractivity contribution is 6.02. The molecule has 7 nitrogen and oxygen atoms in total. The van der Waals surface area contributed by atoms with Crippen LogP contribution >= 0.6 is 0 Å². The number of methoxy groups -OCH3 is 1. The lowest BCUT2D eigenvalue weighted by Crippen LogP contribution is -2.33. The topological polar surface area (TPSA) is 96.1 Å². The van der Waals surface area contributed by atoms with Gasteiger partial charge in [0, 0.05) is 11.3 Å². The fourth-order valence-electron chi connectivity index (χ4n) is 2.89. The van der Waals surface area contributed by atoms with Crippen LogP contribution in [0, 0.1) is 13.8 Å². The first kappa shape index (κ1) is 19.2. The molecule has 0 saturated carbocycles. The smallest absolute Gasteiger partial charge is 0.255 e. The molecule has 0 aliphatic carbocycles. The van der Waals surface area contributed by atoms with Gasteiger partial charge in [0.1, 0.15) is 5.75 Å². The molecule has 2 aromatic carbocycles. The Morgan fingerprint density at radius 1 is 1.07 bits per heavy atom. The number of carbonyl (C=O) groups excluding carboxylic acids is 2. The standard InChI is InChI=1S/C21H22N4O3/c1-13-5-4-6-14(2)19(13)24-18(26)12-22-21(27)17-11-23-25-20(17)15-7-9-16(28-3)10-8-15/h4-11H,12H2,1-3H3,(H,22,27)(H,23,25)(H,24,26). The van der Waals surface area contributed by atoms with E-state index in [-0.39, 0.29) is 18.4 Å². The van der Waals surface area contributed by atoms with Crippen LogP contribution in [0.1, 0.15) is 21.5 Å². The predicted molar refractivity (Wildman–Crippen MR) is 107 cm³/mol. The number of hydrogen-bond donors (Lipinski definition) is 3. The number of aromatic nitrogens is 2. The highest BCUT2D eigenvalue weighted by Crippen LogP contribution is 2.23. The number of carbonyl (C=O) groups is 2. The van der Waals surface area contributed by atoms with Crippen LogP contribution in [-0.2, 0) is 4.79 Å². The van der Waals surface area contributed by atoms with E-state index >= 15 is 0 Å². The first-order valence-electron chi connectivity index (χ1n) is 8.81. The molecule has 2 amide bonds. The fourth-order valence-corrected chi connectivity index (χ4v) is 2.89. The second kappa shape index (κ2) is 8.39. The van der Waals surface area contributed by atoms with Crippen LogP contribution in [0.5, 0.6) is 5.75 Å². The molecule has 0 unspecified atom stereocenters. The van der Waals surface area contributed by atoms with Crippen molar-refractivity contribution in [3.05, 3.63) is 65.4 Å². The van der Waals surface area contributed by atoms with Gasteiger partial charge in [0.05, 0.1) is 31.1 Å². The molecule has 144 valence electrons. The first-order chi connectivity index (χ1) is 13.5. The molecule has 1 aromatic heterocycles. The summed E-state index contributed by atoms with van der Waals surface area (Å²) in [5, 5.41) is 12.3. The number of nitrogens with zero attached hydrogens (tertiary/aromatic N) is 1. The van der Waals surface area contributed by atoms with E-state index < -0.39 is 0 Å². The minimum atomic E-state index is -0.378. The Kier molecular flexibility index (Phi) is 5.74. The Morgan fingerprint density at radius 3 is 2.39 bits per heavy atom. The number of amides is 2. The lowest BCUT2D eigenvalue weighted by molar-refractivity contribution is -0.115. The van der Waals surface area contributed by atoms with E-state index in [9.17, 15) is 9.59 Å². The molecule has 0 aliphatic rings. The summed E-state index contributed by atoms with van der Waals surface area (Å²) in [6.45, 7) is 3.71. The number of rotatable bonds is 6. The summed E-state index contributed by atoms with van der Waals surface area (Å²) in [6, 6.07) is 13.0. The van der Waals surface area contributed by atoms with Gasteiger partial charge in [-0.05, 0) is 49.2 Å². The average Bonchev–Trinajstić information content (AvgIpc) is 3.19. The summed E-state index contributed by atoms with van der Waals surface area (Å²) in [5.74, 6) is 0.0499. The monoisotopic (exact) mass is 378 g/mol. The largest absolute Gasteiger partial charge is 0.497 e. The number of H-pyrrole nitrogens is 1. The van der Waals surface area contributed by atoms with Gasteiger partial charge in [0.2, 0.25) is 5.91 Å². The maximum Gasteiger partial charge on any atom is 0.255 e. The molecule has 0 spiro atoms. The maximum atomic E-state index is 12.5. The van der Waals surface area contributed by atoms with E-state index in [0.717, 1.165) is 28.1 Å². The van der Waals surface area contributed by atoms with Crippen molar-refractivity contribution in [1.29, 1.82) is 0 Å². The number of para-hydroxylation sites is 1. The van der Waals surface area contributed by atoms with Crippen LogP contribution in [0.3, 0.4) is 0 Å². The quantitative estimate of drug-likeness (QED) is 0.614. The molecular weight excluding hydrogens is 356 g/mol. The lowest BCUT2D eigenvalue weighted by atomic mass is 10.1. The molecule has 0 atom stereocenters. The van der Waals surface area contributed by atoms with E-state index in [1.54, 1.807) is 19.2 Å². The summed E-state index contributed by atoms with van der Waals surface area (Å²) in [7, 11) is 1.59. The van der Waals surface area contributed by atoms with Gasteiger partial charge in [0.25, 0.3) is 5.91 Å². The van der Waals surface area contributed by atoms with Gasteiger partial charge < -0.3 is 15.4 Å². The number of anilines is 1. The van der Waals surface area contributed by atoms with E-state index in [4.69, 9.17) is 4.74 Å². The van der Waals surface area contributed by atoms with Crippen molar-refractivity contribution < 1.29 is 14.3 Å². The third-order valence-electron chi connectivity index (χ3n) is 4.42. The summed E-state index contributed by atoms with van der Waals surface area (Å²) >= 11 is 0. The van der Waals surface area contributed by atoms with Crippen LogP contribution < -0.4 is 15.4 Å². The Morgan fingerprint density at radius 2 is 1.75 bits per heavy atom. The minimum absolute atomic E-state index is 0.139. The van der Waals surface area contributed by atoms with Crippen LogP contribution in [0.4, 0.5) is 5.69 Å². The molecule has 28 heavy (non-hydrogen) atoms. The predicted octanol–water partition coefficient (Wildman–Crippen LogP) is 3.07. The van der Waals surface area contributed by atoms with Gasteiger partial charge in [-0.3, -0.25) is 14.7 Å². The van der Waals surface area contributed by atoms with Crippen molar-refractivity contribution in [2.45, 2.75) is 13.8 Å². The Balaban J connectivity index is 1.66. The second-order valence-electron chi connectivity index (χ2n) is 6.38. The molecule has 0 fully saturated rings. The number of ether oxygens (including phenoxy) is 1. The number of aromatic amines is 1. The highest BCUT2D eigenvalue weighted by Gasteiger charge is 2.16. The molecule has 0 aliphatic heterocycles. The normalized spacial score (nSPS) is 10.4. The van der Waals surface area contributed by atoms with Gasteiger partial charge in [0.15, 0.2) is 0 Å². The molecule has 3 aromatic rings. The van der Waals surface area contributed by atoms with Crippen LogP contribution in [0.2, 0.25) is 0 Å². The third-order valence-corrected chi connectivity index (χ3v) is 4.42. The van der Waals surface area contributed by atoms with Crippen molar-refractivity contribution in [2.75, 3.05) is 19.0 Å². The summed E-state index contributed by atoms with van der Waals surface area (Å²) in [5.41, 5.74) is 4.44. The zero-order chi connectivity index (χ0) is 20.1. The van der Waals surface area contributed by atoms with Crippen molar-refractivity contribution in [1.82, 2.24) is 15.5 Å². The van der Waals surface area contributed by atoms with Crippen LogP contribution in [-0.4, -0.2) is 35.7 Å². The average molecular weight is 378 g/mol. The summed E-state index contributed by atoms with van der Waals surface area (Å²) < 4.78 is 5.15. The molecule has 7 heteroatoms. The summed E-state index contributed by atoms with van der Waals surface area (Å²) in [6.07, 6.45) is 1.44. The van der Waals surface area contributed by atoms with Gasteiger partial charge in [-0.15, -0.1) is 0 Å². The van der Waals surface area contributed by atoms with Crippen LogP contribution in [0.25, 0.3) is 11.3 Å². The summed E-state index contributed by atoms with van der Waals surface area (Å²) in [4.78, 5) is 24.8. The number of benzene rings is 2. The number of hydrogen-bond acceptors (Lipinski definition) is 4. The van der Waals surface area contributed by atoms with Gasteiger partial charge >= 0.3 is 0 Å². The molecule has 1 heterocycles. The van der Waals surface area contributed by atoms with Crippen molar-refractivity contribution in [3.8, 4) is 17.0 Å².